The van der Waals surface area contributed by atoms with Crippen molar-refractivity contribution in [3.05, 3.63) is 126 Å². The molecule has 0 amide bonds. The normalized spacial score (nSPS) is 13.2. The number of allylic oxidation sites excluding steroid dienone is 1. The Labute approximate surface area is 232 Å². The van der Waals surface area contributed by atoms with Gasteiger partial charge < -0.3 is 5.32 Å². The molecular formula is C29H20N6O6. The van der Waals surface area contributed by atoms with Gasteiger partial charge in [0, 0.05) is 47.6 Å². The molecule has 0 unspecified atom stereocenters. The van der Waals surface area contributed by atoms with E-state index in [9.17, 15) is 35.6 Å². The molecule has 0 spiro atoms. The molecule has 0 aliphatic heterocycles. The minimum absolute atomic E-state index is 0.0307. The predicted octanol–water partition coefficient (Wildman–Crippen LogP) is 6.97. The number of pyridine rings is 1. The van der Waals surface area contributed by atoms with Crippen molar-refractivity contribution in [3.8, 4) is 17.2 Å². The van der Waals surface area contributed by atoms with Crippen molar-refractivity contribution >= 4 is 40.2 Å². The maximum Gasteiger partial charge on any atom is 0.271 e. The molecule has 0 radical (unpaired) electrons. The van der Waals surface area contributed by atoms with Gasteiger partial charge >= 0.3 is 0 Å². The average molecular weight is 549 g/mol. The highest BCUT2D eigenvalue weighted by Gasteiger charge is 2.26. The monoisotopic (exact) mass is 548 g/mol. The second-order valence-electron chi connectivity index (χ2n) is 9.26. The lowest BCUT2D eigenvalue weighted by Gasteiger charge is -2.24. The van der Waals surface area contributed by atoms with Crippen LogP contribution in [-0.4, -0.2) is 19.8 Å². The van der Waals surface area contributed by atoms with E-state index in [0.717, 1.165) is 23.1 Å². The third-order valence-electron chi connectivity index (χ3n) is 6.72. The van der Waals surface area contributed by atoms with Gasteiger partial charge in [0.1, 0.15) is 17.5 Å². The first kappa shape index (κ1) is 26.6. The van der Waals surface area contributed by atoms with Crippen LogP contribution in [0.5, 0.6) is 0 Å². The quantitative estimate of drug-likeness (QED) is 0.189. The molecule has 5 rings (SSSR count). The Kier molecular flexibility index (Phi) is 7.17. The fraction of sp³-hybridized carbons (Fsp3) is 0.103. The van der Waals surface area contributed by atoms with Crippen LogP contribution in [0.3, 0.4) is 0 Å². The van der Waals surface area contributed by atoms with Crippen molar-refractivity contribution in [2.24, 2.45) is 0 Å². The average Bonchev–Trinajstić information content (AvgIpc) is 2.97. The van der Waals surface area contributed by atoms with Gasteiger partial charge in [-0.2, -0.15) is 5.26 Å². The number of fused-ring (bicyclic) bond motifs is 1. The third-order valence-corrected chi connectivity index (χ3v) is 6.72. The largest absolute Gasteiger partial charge is 0.339 e. The summed E-state index contributed by atoms with van der Waals surface area (Å²) in [5.74, 6) is 0.177. The topological polar surface area (TPSA) is 178 Å². The molecule has 41 heavy (non-hydrogen) atoms. The number of anilines is 2. The van der Waals surface area contributed by atoms with Crippen molar-refractivity contribution in [1.29, 1.82) is 5.26 Å². The van der Waals surface area contributed by atoms with Crippen molar-refractivity contribution in [2.75, 3.05) is 5.32 Å². The van der Waals surface area contributed by atoms with Gasteiger partial charge in [-0.25, -0.2) is 4.98 Å². The molecule has 0 fully saturated rings. The molecule has 0 saturated carbocycles. The number of hydrogen-bond donors (Lipinski definition) is 1. The number of rotatable bonds is 7. The van der Waals surface area contributed by atoms with E-state index >= 15 is 0 Å². The van der Waals surface area contributed by atoms with E-state index in [1.807, 2.05) is 6.08 Å². The van der Waals surface area contributed by atoms with Gasteiger partial charge in [0.15, 0.2) is 0 Å². The molecule has 1 aliphatic carbocycles. The number of nitriles is 1. The number of nitro benzene ring substituents is 3. The molecule has 1 N–H and O–H groups in total. The molecule has 4 aromatic rings. The highest BCUT2D eigenvalue weighted by Crippen LogP contribution is 2.42. The molecule has 12 heteroatoms. The number of nitrogens with one attached hydrogen (secondary N) is 1. The van der Waals surface area contributed by atoms with Gasteiger partial charge in [-0.1, -0.05) is 6.07 Å². The van der Waals surface area contributed by atoms with E-state index < -0.39 is 14.8 Å². The summed E-state index contributed by atoms with van der Waals surface area (Å²) in [5.41, 5.74) is 4.41. The van der Waals surface area contributed by atoms with Gasteiger partial charge in [0.2, 0.25) is 0 Å². The standard InChI is InChI=1S/C29H20N6O6/c30-17-26-27(19-9-13-23(14-10-19)34(38)39)25-6-1-3-20(15-18-7-11-22(12-8-18)33(36)37)28(25)32-29(26)31-21-4-2-5-24(16-21)35(40)41/h2,4-5,7-16H,1,3,6H2,(H,31,32)/b20-15+. The first-order chi connectivity index (χ1) is 19.7. The van der Waals surface area contributed by atoms with Crippen LogP contribution in [0.25, 0.3) is 22.8 Å². The molecule has 202 valence electrons. The van der Waals surface area contributed by atoms with Crippen molar-refractivity contribution in [2.45, 2.75) is 19.3 Å². The highest BCUT2D eigenvalue weighted by molar-refractivity contribution is 5.90. The van der Waals surface area contributed by atoms with Crippen LogP contribution in [0, 0.1) is 41.7 Å². The highest BCUT2D eigenvalue weighted by atomic mass is 16.6. The molecule has 1 aromatic heterocycles. The van der Waals surface area contributed by atoms with E-state index in [1.165, 1.54) is 42.5 Å². The number of hydrogen-bond acceptors (Lipinski definition) is 9. The summed E-state index contributed by atoms with van der Waals surface area (Å²) < 4.78 is 0. The zero-order valence-corrected chi connectivity index (χ0v) is 21.3. The van der Waals surface area contributed by atoms with Crippen LogP contribution < -0.4 is 5.32 Å². The summed E-state index contributed by atoms with van der Waals surface area (Å²) in [6, 6.07) is 20.1. The van der Waals surface area contributed by atoms with Gasteiger partial charge in [-0.3, -0.25) is 30.3 Å². The summed E-state index contributed by atoms with van der Waals surface area (Å²) in [7, 11) is 0. The number of aromatic nitrogens is 1. The fourth-order valence-electron chi connectivity index (χ4n) is 4.84. The molecule has 12 nitrogen and oxygen atoms in total. The van der Waals surface area contributed by atoms with E-state index in [1.54, 1.807) is 30.3 Å². The molecule has 3 aromatic carbocycles. The summed E-state index contributed by atoms with van der Waals surface area (Å²) in [6.07, 6.45) is 3.88. The maximum atomic E-state index is 11.3. The molecule has 1 aliphatic rings. The van der Waals surface area contributed by atoms with Crippen LogP contribution in [0.2, 0.25) is 0 Å². The Morgan fingerprint density at radius 1 is 0.829 bits per heavy atom. The Morgan fingerprint density at radius 3 is 2.07 bits per heavy atom. The first-order valence-corrected chi connectivity index (χ1v) is 12.4. The summed E-state index contributed by atoms with van der Waals surface area (Å²) in [5, 5.41) is 47.0. The van der Waals surface area contributed by atoms with E-state index in [0.29, 0.717) is 35.3 Å². The number of benzene rings is 3. The minimum atomic E-state index is -0.524. The van der Waals surface area contributed by atoms with Gasteiger partial charge in [-0.05, 0) is 77.9 Å². The summed E-state index contributed by atoms with van der Waals surface area (Å²) >= 11 is 0. The van der Waals surface area contributed by atoms with Crippen molar-refractivity contribution < 1.29 is 14.8 Å². The van der Waals surface area contributed by atoms with Crippen LogP contribution in [0.4, 0.5) is 28.6 Å². The molecule has 0 saturated heterocycles. The Hall–Kier alpha value is -5.96. The Morgan fingerprint density at radius 2 is 1.46 bits per heavy atom. The van der Waals surface area contributed by atoms with E-state index in [-0.39, 0.29) is 28.4 Å². The predicted molar refractivity (Wildman–Crippen MR) is 151 cm³/mol. The van der Waals surface area contributed by atoms with Crippen LogP contribution in [-0.2, 0) is 6.42 Å². The number of nitrogens with zero attached hydrogens (tertiary/aromatic N) is 5. The van der Waals surface area contributed by atoms with Crippen LogP contribution in [0.1, 0.15) is 35.2 Å². The zero-order chi connectivity index (χ0) is 29.1. The van der Waals surface area contributed by atoms with Crippen LogP contribution in [0.15, 0.2) is 72.8 Å². The molecular weight excluding hydrogens is 528 g/mol. The Bertz CT molecular complexity index is 1780. The summed E-state index contributed by atoms with van der Waals surface area (Å²) in [6.45, 7) is 0. The fourth-order valence-corrected chi connectivity index (χ4v) is 4.84. The SMILES string of the molecule is N#Cc1c(Nc2cccc([N+](=O)[O-])c2)nc2c(c1-c1ccc([N+](=O)[O-])cc1)CCC/C2=C\c1ccc([N+](=O)[O-])cc1. The minimum Gasteiger partial charge on any atom is -0.339 e. The van der Waals surface area contributed by atoms with Gasteiger partial charge in [0.25, 0.3) is 17.1 Å². The van der Waals surface area contributed by atoms with E-state index in [4.69, 9.17) is 4.98 Å². The Balaban J connectivity index is 1.71. The lowest BCUT2D eigenvalue weighted by Crippen LogP contribution is -2.11. The lowest BCUT2D eigenvalue weighted by atomic mass is 9.83. The number of nitro groups is 3. The van der Waals surface area contributed by atoms with Gasteiger partial charge in [0.05, 0.1) is 20.5 Å². The maximum absolute atomic E-state index is 11.3. The molecule has 0 atom stereocenters. The molecule has 0 bridgehead atoms. The number of non-ortho nitro benzene ring substituents is 3. The third kappa shape index (κ3) is 5.45. The van der Waals surface area contributed by atoms with Crippen molar-refractivity contribution in [3.63, 3.8) is 0 Å². The van der Waals surface area contributed by atoms with Crippen molar-refractivity contribution in [1.82, 2.24) is 4.98 Å². The zero-order valence-electron chi connectivity index (χ0n) is 21.3. The summed E-state index contributed by atoms with van der Waals surface area (Å²) in [4.78, 5) is 37.0. The van der Waals surface area contributed by atoms with Gasteiger partial charge in [-0.15, -0.1) is 0 Å². The second-order valence-corrected chi connectivity index (χ2v) is 9.26. The molecule has 1 heterocycles. The van der Waals surface area contributed by atoms with E-state index in [2.05, 4.69) is 11.4 Å². The second kappa shape index (κ2) is 11.0. The first-order valence-electron chi connectivity index (χ1n) is 12.4. The smallest absolute Gasteiger partial charge is 0.271 e. The van der Waals surface area contributed by atoms with Crippen LogP contribution >= 0.6 is 0 Å². The lowest BCUT2D eigenvalue weighted by molar-refractivity contribution is -0.385.